The zero-order valence-electron chi connectivity index (χ0n) is 11.9. The van der Waals surface area contributed by atoms with Gasteiger partial charge in [0.25, 0.3) is 0 Å². The van der Waals surface area contributed by atoms with Crippen molar-refractivity contribution in [3.63, 3.8) is 0 Å². The Labute approximate surface area is 141 Å². The van der Waals surface area contributed by atoms with Crippen molar-refractivity contribution < 1.29 is 13.9 Å². The van der Waals surface area contributed by atoms with Gasteiger partial charge in [0, 0.05) is 7.11 Å². The lowest BCUT2D eigenvalue weighted by atomic mass is 10.2. The minimum atomic E-state index is 0.520. The van der Waals surface area contributed by atoms with Crippen LogP contribution in [0.15, 0.2) is 37.8 Å². The van der Waals surface area contributed by atoms with Crippen molar-refractivity contribution in [2.75, 3.05) is 25.6 Å². The van der Waals surface area contributed by atoms with Gasteiger partial charge in [0.2, 0.25) is 0 Å². The van der Waals surface area contributed by atoms with E-state index in [2.05, 4.69) is 37.2 Å². The Morgan fingerprint density at radius 2 is 2.00 bits per heavy atom. The van der Waals surface area contributed by atoms with E-state index in [1.807, 2.05) is 31.2 Å². The van der Waals surface area contributed by atoms with Crippen LogP contribution in [0.5, 0.6) is 5.75 Å². The van der Waals surface area contributed by atoms with Crippen LogP contribution in [0.1, 0.15) is 11.3 Å². The highest BCUT2D eigenvalue weighted by Crippen LogP contribution is 2.29. The third-order valence-corrected chi connectivity index (χ3v) is 4.54. The molecule has 0 unspecified atom stereocenters. The lowest BCUT2D eigenvalue weighted by molar-refractivity contribution is 0.146. The van der Waals surface area contributed by atoms with Crippen molar-refractivity contribution in [3.05, 3.63) is 44.7 Å². The number of ether oxygens (including phenoxy) is 2. The molecule has 114 valence electrons. The lowest BCUT2D eigenvalue weighted by Crippen LogP contribution is -2.07. The van der Waals surface area contributed by atoms with Gasteiger partial charge >= 0.3 is 0 Å². The van der Waals surface area contributed by atoms with E-state index in [4.69, 9.17) is 13.9 Å². The maximum absolute atomic E-state index is 5.74. The molecule has 0 saturated heterocycles. The molecule has 0 saturated carbocycles. The minimum Gasteiger partial charge on any atom is -0.489 e. The van der Waals surface area contributed by atoms with Gasteiger partial charge in [-0.2, -0.15) is 0 Å². The Balaban J connectivity index is 2.04. The lowest BCUT2D eigenvalue weighted by Gasteiger charge is -2.13. The predicted molar refractivity (Wildman–Crippen MR) is 90.0 cm³/mol. The number of benzene rings is 1. The highest BCUT2D eigenvalue weighted by molar-refractivity contribution is 9.13. The first-order valence-corrected chi connectivity index (χ1v) is 8.08. The highest BCUT2D eigenvalue weighted by Gasteiger charge is 2.08. The summed E-state index contributed by atoms with van der Waals surface area (Å²) >= 11 is 6.73. The molecule has 0 aliphatic rings. The van der Waals surface area contributed by atoms with Crippen molar-refractivity contribution in [1.82, 2.24) is 0 Å². The molecule has 0 amide bonds. The zero-order chi connectivity index (χ0) is 15.2. The number of hydrogen-bond acceptors (Lipinski definition) is 4. The van der Waals surface area contributed by atoms with Crippen molar-refractivity contribution in [2.45, 2.75) is 13.5 Å². The van der Waals surface area contributed by atoms with Crippen LogP contribution in [0.25, 0.3) is 0 Å². The molecule has 1 aromatic heterocycles. The van der Waals surface area contributed by atoms with Gasteiger partial charge in [0.1, 0.15) is 18.1 Å². The summed E-state index contributed by atoms with van der Waals surface area (Å²) in [6.07, 6.45) is 0. The summed E-state index contributed by atoms with van der Waals surface area (Å²) in [5.74, 6) is 1.65. The zero-order valence-corrected chi connectivity index (χ0v) is 15.1. The summed E-state index contributed by atoms with van der Waals surface area (Å²) in [7, 11) is 1.66. The van der Waals surface area contributed by atoms with E-state index in [1.165, 1.54) is 0 Å². The van der Waals surface area contributed by atoms with Gasteiger partial charge in [0.05, 0.1) is 23.3 Å². The van der Waals surface area contributed by atoms with Gasteiger partial charge in [-0.1, -0.05) is 6.07 Å². The summed E-state index contributed by atoms with van der Waals surface area (Å²) < 4.78 is 17.9. The number of nitrogens with one attached hydrogen (secondary N) is 1. The van der Waals surface area contributed by atoms with E-state index in [9.17, 15) is 0 Å². The third-order valence-electron chi connectivity index (χ3n) is 2.83. The van der Waals surface area contributed by atoms with E-state index in [1.54, 1.807) is 7.11 Å². The normalized spacial score (nSPS) is 10.7. The van der Waals surface area contributed by atoms with Crippen molar-refractivity contribution in [2.24, 2.45) is 0 Å². The van der Waals surface area contributed by atoms with E-state index in [0.717, 1.165) is 27.2 Å². The Bertz CT molecular complexity index is 579. The Morgan fingerprint density at radius 3 is 2.67 bits per heavy atom. The van der Waals surface area contributed by atoms with Gasteiger partial charge in [-0.25, -0.2) is 0 Å². The van der Waals surface area contributed by atoms with Crippen LogP contribution in [-0.4, -0.2) is 20.3 Å². The third kappa shape index (κ3) is 4.76. The molecule has 6 heteroatoms. The molecule has 2 aromatic rings. The van der Waals surface area contributed by atoms with Crippen LogP contribution in [-0.2, 0) is 11.3 Å². The average molecular weight is 419 g/mol. The molecule has 0 aliphatic heterocycles. The molecule has 0 fully saturated rings. The fourth-order valence-electron chi connectivity index (χ4n) is 1.79. The summed E-state index contributed by atoms with van der Waals surface area (Å²) in [6, 6.07) is 7.98. The Kier molecular flexibility index (Phi) is 6.14. The monoisotopic (exact) mass is 417 g/mol. The second kappa shape index (κ2) is 7.87. The standard InChI is InChI=1S/C15H17Br2NO3/c1-10-3-4-13(14(7-10)20-6-5-19-2)18-9-11-8-12(16)15(17)21-11/h3-4,7-8,18H,5-6,9H2,1-2H3. The quantitative estimate of drug-likeness (QED) is 0.659. The first-order chi connectivity index (χ1) is 10.1. The van der Waals surface area contributed by atoms with Crippen molar-refractivity contribution in [3.8, 4) is 5.75 Å². The van der Waals surface area contributed by atoms with Crippen molar-refractivity contribution >= 4 is 37.5 Å². The fourth-order valence-corrected chi connectivity index (χ4v) is 2.45. The van der Waals surface area contributed by atoms with Gasteiger partial charge in [0.15, 0.2) is 4.67 Å². The molecule has 0 bridgehead atoms. The average Bonchev–Trinajstić information content (AvgIpc) is 2.77. The number of halogens is 2. The molecular formula is C15H17Br2NO3. The smallest absolute Gasteiger partial charge is 0.183 e. The van der Waals surface area contributed by atoms with Crippen LogP contribution in [0, 0.1) is 6.92 Å². The van der Waals surface area contributed by atoms with E-state index in [-0.39, 0.29) is 0 Å². The molecule has 0 spiro atoms. The van der Waals surface area contributed by atoms with Crippen LogP contribution in [0.4, 0.5) is 5.69 Å². The van der Waals surface area contributed by atoms with Gasteiger partial charge < -0.3 is 19.2 Å². The predicted octanol–water partition coefficient (Wildman–Crippen LogP) is 4.75. The summed E-state index contributed by atoms with van der Waals surface area (Å²) in [5.41, 5.74) is 2.08. The maximum atomic E-state index is 5.74. The molecular weight excluding hydrogens is 402 g/mol. The Morgan fingerprint density at radius 1 is 1.19 bits per heavy atom. The number of methoxy groups -OCH3 is 1. The molecule has 1 aromatic carbocycles. The van der Waals surface area contributed by atoms with Crippen LogP contribution < -0.4 is 10.1 Å². The molecule has 0 atom stereocenters. The summed E-state index contributed by atoms with van der Waals surface area (Å²) in [6.45, 7) is 3.69. The van der Waals surface area contributed by atoms with Gasteiger partial charge in [-0.15, -0.1) is 0 Å². The number of rotatable bonds is 7. The molecule has 0 aliphatic carbocycles. The first-order valence-electron chi connectivity index (χ1n) is 6.50. The largest absolute Gasteiger partial charge is 0.489 e. The number of anilines is 1. The van der Waals surface area contributed by atoms with E-state index >= 15 is 0 Å². The van der Waals surface area contributed by atoms with E-state index < -0.39 is 0 Å². The summed E-state index contributed by atoms with van der Waals surface area (Å²) in [4.78, 5) is 0. The molecule has 21 heavy (non-hydrogen) atoms. The first kappa shape index (κ1) is 16.4. The van der Waals surface area contributed by atoms with Crippen molar-refractivity contribution in [1.29, 1.82) is 0 Å². The highest BCUT2D eigenvalue weighted by atomic mass is 79.9. The summed E-state index contributed by atoms with van der Waals surface area (Å²) in [5, 5.41) is 3.32. The van der Waals surface area contributed by atoms with Crippen LogP contribution in [0.3, 0.4) is 0 Å². The number of aryl methyl sites for hydroxylation is 1. The minimum absolute atomic E-state index is 0.520. The van der Waals surface area contributed by atoms with Gasteiger partial charge in [-0.3, -0.25) is 0 Å². The molecule has 4 nitrogen and oxygen atoms in total. The van der Waals surface area contributed by atoms with Crippen LogP contribution in [0.2, 0.25) is 0 Å². The number of hydrogen-bond donors (Lipinski definition) is 1. The topological polar surface area (TPSA) is 43.6 Å². The number of furan rings is 1. The molecule has 1 N–H and O–H groups in total. The SMILES string of the molecule is COCCOc1cc(C)ccc1NCc1cc(Br)c(Br)o1. The Hall–Kier alpha value is -0.980. The second-order valence-corrected chi connectivity index (χ2v) is 6.10. The van der Waals surface area contributed by atoms with Gasteiger partial charge in [-0.05, 0) is 62.5 Å². The second-order valence-electron chi connectivity index (χ2n) is 4.53. The fraction of sp³-hybridized carbons (Fsp3) is 0.333. The maximum Gasteiger partial charge on any atom is 0.183 e. The molecule has 0 radical (unpaired) electrons. The van der Waals surface area contributed by atoms with E-state index in [0.29, 0.717) is 24.4 Å². The van der Waals surface area contributed by atoms with Crippen LogP contribution >= 0.6 is 31.9 Å². The molecule has 2 rings (SSSR count). The molecule has 1 heterocycles.